The molecule has 3 nitrogen and oxygen atoms in total. The zero-order valence-corrected chi connectivity index (χ0v) is 9.98. The van der Waals surface area contributed by atoms with E-state index in [1.165, 1.54) is 0 Å². The molecule has 0 aliphatic carbocycles. The van der Waals surface area contributed by atoms with Crippen molar-refractivity contribution in [2.75, 3.05) is 19.6 Å². The van der Waals surface area contributed by atoms with Gasteiger partial charge in [0.05, 0.1) is 6.54 Å². The lowest BCUT2D eigenvalue weighted by Gasteiger charge is -2.36. The molecule has 1 rings (SSSR count). The molecule has 0 radical (unpaired) electrons. The third-order valence-electron chi connectivity index (χ3n) is 3.16. The zero-order chi connectivity index (χ0) is 11.7. The lowest BCUT2D eigenvalue weighted by molar-refractivity contribution is -0.128. The largest absolute Gasteiger partial charge is 0.353 e. The molecule has 1 aliphatic heterocycles. The molecule has 0 aromatic rings. The molecule has 1 aliphatic rings. The van der Waals surface area contributed by atoms with Gasteiger partial charge in [0.25, 0.3) is 0 Å². The molecular weight excluding hydrogens is 195 g/mol. The number of halogens is 1. The maximum absolute atomic E-state index is 13.5. The van der Waals surface area contributed by atoms with Gasteiger partial charge >= 0.3 is 0 Å². The van der Waals surface area contributed by atoms with Crippen LogP contribution in [-0.2, 0) is 4.79 Å². The van der Waals surface area contributed by atoms with Crippen LogP contribution in [0.2, 0.25) is 0 Å². The SMILES string of the molecule is CC(C(=O)NCC1(F)CNC1)C(C)(C)C. The highest BCUT2D eigenvalue weighted by Crippen LogP contribution is 2.25. The van der Waals surface area contributed by atoms with Crippen molar-refractivity contribution >= 4 is 5.91 Å². The van der Waals surface area contributed by atoms with Gasteiger partial charge in [-0.1, -0.05) is 27.7 Å². The van der Waals surface area contributed by atoms with Crippen molar-refractivity contribution in [2.45, 2.75) is 33.4 Å². The number of rotatable bonds is 3. The number of amides is 1. The molecule has 1 unspecified atom stereocenters. The van der Waals surface area contributed by atoms with E-state index in [9.17, 15) is 9.18 Å². The van der Waals surface area contributed by atoms with E-state index in [2.05, 4.69) is 10.6 Å². The molecule has 0 bridgehead atoms. The third kappa shape index (κ3) is 3.16. The van der Waals surface area contributed by atoms with Crippen LogP contribution in [0.4, 0.5) is 4.39 Å². The van der Waals surface area contributed by atoms with E-state index in [-0.39, 0.29) is 23.8 Å². The number of alkyl halides is 1. The molecule has 0 aromatic heterocycles. The van der Waals surface area contributed by atoms with Crippen LogP contribution in [0.5, 0.6) is 0 Å². The molecule has 15 heavy (non-hydrogen) atoms. The van der Waals surface area contributed by atoms with E-state index in [4.69, 9.17) is 0 Å². The second-order valence-electron chi connectivity index (χ2n) is 5.56. The molecule has 1 fully saturated rings. The second kappa shape index (κ2) is 4.08. The van der Waals surface area contributed by atoms with Crippen molar-refractivity contribution in [3.63, 3.8) is 0 Å². The molecule has 0 spiro atoms. The average Bonchev–Trinajstić information content (AvgIpc) is 2.08. The first-order chi connectivity index (χ1) is 6.75. The Bertz CT molecular complexity index is 243. The molecule has 0 aromatic carbocycles. The van der Waals surface area contributed by atoms with Crippen molar-refractivity contribution < 1.29 is 9.18 Å². The normalized spacial score (nSPS) is 21.7. The van der Waals surface area contributed by atoms with E-state index in [1.807, 2.05) is 27.7 Å². The Hall–Kier alpha value is -0.640. The van der Waals surface area contributed by atoms with Crippen molar-refractivity contribution in [3.8, 4) is 0 Å². The molecule has 0 saturated carbocycles. The maximum Gasteiger partial charge on any atom is 0.223 e. The first kappa shape index (κ1) is 12.4. The highest BCUT2D eigenvalue weighted by molar-refractivity contribution is 5.79. The van der Waals surface area contributed by atoms with Crippen LogP contribution >= 0.6 is 0 Å². The molecule has 1 heterocycles. The van der Waals surface area contributed by atoms with Crippen molar-refractivity contribution in [1.82, 2.24) is 10.6 Å². The molecule has 4 heteroatoms. The lowest BCUT2D eigenvalue weighted by atomic mass is 9.81. The summed E-state index contributed by atoms with van der Waals surface area (Å²) in [5.41, 5.74) is -1.31. The minimum absolute atomic E-state index is 0.0635. The molecule has 1 amide bonds. The Kier molecular flexibility index (Phi) is 3.38. The van der Waals surface area contributed by atoms with Gasteiger partial charge in [0.2, 0.25) is 5.91 Å². The molecule has 1 atom stereocenters. The summed E-state index contributed by atoms with van der Waals surface area (Å²) in [7, 11) is 0. The Labute approximate surface area is 90.8 Å². The summed E-state index contributed by atoms with van der Waals surface area (Å²) in [5, 5.41) is 5.54. The Morgan fingerprint density at radius 2 is 2.07 bits per heavy atom. The number of hydrogen-bond acceptors (Lipinski definition) is 2. The number of carbonyl (C=O) groups is 1. The predicted molar refractivity (Wildman–Crippen MR) is 58.3 cm³/mol. The summed E-state index contributed by atoms with van der Waals surface area (Å²) >= 11 is 0. The summed E-state index contributed by atoms with van der Waals surface area (Å²) in [6, 6.07) is 0. The third-order valence-corrected chi connectivity index (χ3v) is 3.16. The lowest BCUT2D eigenvalue weighted by Crippen LogP contribution is -2.62. The Morgan fingerprint density at radius 1 is 1.53 bits per heavy atom. The number of carbonyl (C=O) groups excluding carboxylic acids is 1. The van der Waals surface area contributed by atoms with Crippen molar-refractivity contribution in [3.05, 3.63) is 0 Å². The average molecular weight is 216 g/mol. The van der Waals surface area contributed by atoms with E-state index >= 15 is 0 Å². The summed E-state index contributed by atoms with van der Waals surface area (Å²) in [6.45, 7) is 8.71. The standard InChI is InChI=1S/C11H21FN2O/c1-8(10(2,3)4)9(15)14-7-11(12)5-13-6-11/h8,13H,5-7H2,1-4H3,(H,14,15). The van der Waals surface area contributed by atoms with Crippen molar-refractivity contribution in [1.29, 1.82) is 0 Å². The summed E-state index contributed by atoms with van der Waals surface area (Å²) in [5.74, 6) is -0.166. The van der Waals surface area contributed by atoms with Gasteiger partial charge in [0.1, 0.15) is 0 Å². The highest BCUT2D eigenvalue weighted by Gasteiger charge is 2.38. The summed E-state index contributed by atoms with van der Waals surface area (Å²) < 4.78 is 13.5. The second-order valence-corrected chi connectivity index (χ2v) is 5.56. The fraction of sp³-hybridized carbons (Fsp3) is 0.909. The fourth-order valence-corrected chi connectivity index (χ4v) is 1.31. The quantitative estimate of drug-likeness (QED) is 0.741. The highest BCUT2D eigenvalue weighted by atomic mass is 19.1. The van der Waals surface area contributed by atoms with Gasteiger partial charge in [-0.3, -0.25) is 4.79 Å². The van der Waals surface area contributed by atoms with Crippen molar-refractivity contribution in [2.24, 2.45) is 11.3 Å². The van der Waals surface area contributed by atoms with E-state index < -0.39 is 5.67 Å². The molecule has 88 valence electrons. The van der Waals surface area contributed by atoms with Gasteiger partial charge in [-0.05, 0) is 5.41 Å². The van der Waals surface area contributed by atoms with Crippen LogP contribution in [0.25, 0.3) is 0 Å². The molecular formula is C11H21FN2O. The van der Waals surface area contributed by atoms with E-state index in [1.54, 1.807) is 0 Å². The first-order valence-corrected chi connectivity index (χ1v) is 5.42. The monoisotopic (exact) mass is 216 g/mol. The summed E-state index contributed by atoms with van der Waals surface area (Å²) in [6.07, 6.45) is 0. The van der Waals surface area contributed by atoms with Crippen LogP contribution in [0.1, 0.15) is 27.7 Å². The van der Waals surface area contributed by atoms with Gasteiger partial charge < -0.3 is 10.6 Å². The molecule has 1 saturated heterocycles. The number of hydrogen-bond donors (Lipinski definition) is 2. The van der Waals surface area contributed by atoms with E-state index in [0.717, 1.165) is 0 Å². The first-order valence-electron chi connectivity index (χ1n) is 5.42. The van der Waals surface area contributed by atoms with Gasteiger partial charge in [0.15, 0.2) is 5.67 Å². The Balaban J connectivity index is 2.36. The number of nitrogens with one attached hydrogen (secondary N) is 2. The Morgan fingerprint density at radius 3 is 2.40 bits per heavy atom. The van der Waals surface area contributed by atoms with Crippen LogP contribution in [-0.4, -0.2) is 31.2 Å². The predicted octanol–water partition coefficient (Wildman–Crippen LogP) is 1.10. The van der Waals surface area contributed by atoms with Gasteiger partial charge in [0, 0.05) is 19.0 Å². The fourth-order valence-electron chi connectivity index (χ4n) is 1.31. The van der Waals surface area contributed by atoms with Crippen LogP contribution in [0, 0.1) is 11.3 Å². The van der Waals surface area contributed by atoms with Crippen LogP contribution < -0.4 is 10.6 Å². The van der Waals surface area contributed by atoms with Crippen LogP contribution in [0.3, 0.4) is 0 Å². The van der Waals surface area contributed by atoms with Gasteiger partial charge in [-0.2, -0.15) is 0 Å². The maximum atomic E-state index is 13.5. The van der Waals surface area contributed by atoms with E-state index in [0.29, 0.717) is 13.1 Å². The topological polar surface area (TPSA) is 41.1 Å². The summed E-state index contributed by atoms with van der Waals surface area (Å²) in [4.78, 5) is 11.7. The van der Waals surface area contributed by atoms with Gasteiger partial charge in [-0.15, -0.1) is 0 Å². The minimum atomic E-state index is -1.23. The minimum Gasteiger partial charge on any atom is -0.353 e. The van der Waals surface area contributed by atoms with Gasteiger partial charge in [-0.25, -0.2) is 4.39 Å². The molecule has 2 N–H and O–H groups in total. The zero-order valence-electron chi connectivity index (χ0n) is 9.98. The van der Waals surface area contributed by atoms with Crippen LogP contribution in [0.15, 0.2) is 0 Å². The smallest absolute Gasteiger partial charge is 0.223 e.